The Hall–Kier alpha value is -0.610. The molecular formula is C15H24N2O2. The minimum Gasteiger partial charge on any atom is -0.381 e. The first-order chi connectivity index (χ1) is 9.25. The third-order valence-corrected chi connectivity index (χ3v) is 6.36. The maximum absolute atomic E-state index is 12.6. The quantitative estimate of drug-likeness (QED) is 0.796. The Labute approximate surface area is 114 Å². The van der Waals surface area contributed by atoms with Gasteiger partial charge in [0.1, 0.15) is 0 Å². The Bertz CT molecular complexity index is 376. The first kappa shape index (κ1) is 12.2. The van der Waals surface area contributed by atoms with Crippen LogP contribution in [0.4, 0.5) is 0 Å². The SMILES string of the molecule is NCC1(C(=O)NC2C3C4CCC(C4)C23)CCOCC1. The molecule has 106 valence electrons. The highest BCUT2D eigenvalue weighted by molar-refractivity contribution is 5.83. The van der Waals surface area contributed by atoms with Gasteiger partial charge in [-0.05, 0) is 55.8 Å². The van der Waals surface area contributed by atoms with Crippen molar-refractivity contribution in [3.05, 3.63) is 0 Å². The topological polar surface area (TPSA) is 64.4 Å². The molecule has 2 bridgehead atoms. The second-order valence-electron chi connectivity index (χ2n) is 7.08. The Kier molecular flexibility index (Phi) is 2.68. The van der Waals surface area contributed by atoms with E-state index in [0.29, 0.717) is 25.8 Å². The molecule has 3 aliphatic carbocycles. The van der Waals surface area contributed by atoms with Crippen molar-refractivity contribution in [2.24, 2.45) is 34.8 Å². The summed E-state index contributed by atoms with van der Waals surface area (Å²) >= 11 is 0. The van der Waals surface area contributed by atoms with Crippen molar-refractivity contribution in [2.75, 3.05) is 19.8 Å². The Morgan fingerprint density at radius 3 is 2.42 bits per heavy atom. The molecular weight excluding hydrogens is 240 g/mol. The first-order valence-corrected chi connectivity index (χ1v) is 7.84. The second-order valence-corrected chi connectivity index (χ2v) is 7.08. The third-order valence-electron chi connectivity index (χ3n) is 6.36. The molecule has 4 rings (SSSR count). The predicted molar refractivity (Wildman–Crippen MR) is 71.3 cm³/mol. The summed E-state index contributed by atoms with van der Waals surface area (Å²) in [6, 6.07) is 0.477. The minimum atomic E-state index is -0.353. The van der Waals surface area contributed by atoms with Crippen molar-refractivity contribution in [1.29, 1.82) is 0 Å². The monoisotopic (exact) mass is 264 g/mol. The van der Waals surface area contributed by atoms with E-state index in [2.05, 4.69) is 5.32 Å². The molecule has 0 radical (unpaired) electrons. The molecule has 0 spiro atoms. The van der Waals surface area contributed by atoms with Gasteiger partial charge in [-0.2, -0.15) is 0 Å². The summed E-state index contributed by atoms with van der Waals surface area (Å²) < 4.78 is 5.38. The van der Waals surface area contributed by atoms with Gasteiger partial charge >= 0.3 is 0 Å². The molecule has 4 unspecified atom stereocenters. The van der Waals surface area contributed by atoms with Gasteiger partial charge in [0.15, 0.2) is 0 Å². The molecule has 0 aromatic rings. The standard InChI is InChI=1S/C15H24N2O2/c16-8-15(3-5-19-6-4-15)14(18)17-13-11-9-1-2-10(7-9)12(11)13/h9-13H,1-8,16H2,(H,17,18). The van der Waals surface area contributed by atoms with Crippen molar-refractivity contribution in [3.8, 4) is 0 Å². The van der Waals surface area contributed by atoms with E-state index in [1.54, 1.807) is 0 Å². The van der Waals surface area contributed by atoms with Gasteiger partial charge in [-0.25, -0.2) is 0 Å². The van der Waals surface area contributed by atoms with Crippen LogP contribution < -0.4 is 11.1 Å². The van der Waals surface area contributed by atoms with Gasteiger partial charge in [0.2, 0.25) is 5.91 Å². The molecule has 1 aliphatic heterocycles. The molecule has 1 amide bonds. The summed E-state index contributed by atoms with van der Waals surface area (Å²) in [6.45, 7) is 1.80. The largest absolute Gasteiger partial charge is 0.381 e. The maximum Gasteiger partial charge on any atom is 0.227 e. The van der Waals surface area contributed by atoms with Crippen LogP contribution >= 0.6 is 0 Å². The lowest BCUT2D eigenvalue weighted by molar-refractivity contribution is -0.136. The highest BCUT2D eigenvalue weighted by Gasteiger charge is 2.65. The Balaban J connectivity index is 1.42. The normalized spacial score (nSPS) is 45.8. The van der Waals surface area contributed by atoms with Crippen molar-refractivity contribution < 1.29 is 9.53 Å². The van der Waals surface area contributed by atoms with E-state index in [-0.39, 0.29) is 11.3 Å². The lowest BCUT2D eigenvalue weighted by Crippen LogP contribution is -2.50. The number of nitrogens with two attached hydrogens (primary N) is 1. The number of fused-ring (bicyclic) bond motifs is 5. The van der Waals surface area contributed by atoms with E-state index in [4.69, 9.17) is 10.5 Å². The number of ether oxygens (including phenoxy) is 1. The molecule has 4 fully saturated rings. The smallest absolute Gasteiger partial charge is 0.227 e. The van der Waals surface area contributed by atoms with Gasteiger partial charge in [0.25, 0.3) is 0 Å². The summed E-state index contributed by atoms with van der Waals surface area (Å²) in [7, 11) is 0. The van der Waals surface area contributed by atoms with Gasteiger partial charge in [-0.3, -0.25) is 4.79 Å². The summed E-state index contributed by atoms with van der Waals surface area (Å²) in [5.41, 5.74) is 5.55. The van der Waals surface area contributed by atoms with Crippen molar-refractivity contribution in [3.63, 3.8) is 0 Å². The van der Waals surface area contributed by atoms with E-state index >= 15 is 0 Å². The lowest BCUT2D eigenvalue weighted by Gasteiger charge is -2.34. The van der Waals surface area contributed by atoms with Crippen LogP contribution in [0, 0.1) is 29.1 Å². The summed E-state index contributed by atoms with van der Waals surface area (Å²) in [6.07, 6.45) is 5.79. The number of carbonyl (C=O) groups excluding carboxylic acids is 1. The van der Waals surface area contributed by atoms with Gasteiger partial charge in [-0.15, -0.1) is 0 Å². The lowest BCUT2D eigenvalue weighted by atomic mass is 9.79. The summed E-state index contributed by atoms with van der Waals surface area (Å²) in [4.78, 5) is 12.6. The molecule has 0 aromatic carbocycles. The van der Waals surface area contributed by atoms with E-state index in [1.165, 1.54) is 19.3 Å². The average Bonchev–Trinajstić information content (AvgIpc) is 2.85. The molecule has 4 atom stereocenters. The molecule has 4 nitrogen and oxygen atoms in total. The van der Waals surface area contributed by atoms with Crippen molar-refractivity contribution in [1.82, 2.24) is 5.32 Å². The third kappa shape index (κ3) is 1.69. The number of amides is 1. The second kappa shape index (κ2) is 4.19. The van der Waals surface area contributed by atoms with E-state index < -0.39 is 0 Å². The maximum atomic E-state index is 12.6. The van der Waals surface area contributed by atoms with E-state index in [1.807, 2.05) is 0 Å². The number of nitrogens with one attached hydrogen (secondary N) is 1. The van der Waals surface area contributed by atoms with Crippen molar-refractivity contribution in [2.45, 2.75) is 38.1 Å². The van der Waals surface area contributed by atoms with Crippen molar-refractivity contribution >= 4 is 5.91 Å². The van der Waals surface area contributed by atoms with Gasteiger partial charge in [-0.1, -0.05) is 0 Å². The zero-order valence-corrected chi connectivity index (χ0v) is 11.4. The van der Waals surface area contributed by atoms with Crippen LogP contribution in [0.15, 0.2) is 0 Å². The molecule has 3 saturated carbocycles. The molecule has 3 N–H and O–H groups in total. The molecule has 0 aromatic heterocycles. The van der Waals surface area contributed by atoms with Crippen LogP contribution in [0.25, 0.3) is 0 Å². The fourth-order valence-corrected chi connectivity index (χ4v) is 5.11. The van der Waals surface area contributed by atoms with Gasteiger partial charge in [0, 0.05) is 25.8 Å². The summed E-state index contributed by atoms with van der Waals surface area (Å²) in [5.74, 6) is 3.62. The van der Waals surface area contributed by atoms with Gasteiger partial charge in [0.05, 0.1) is 5.41 Å². The zero-order valence-electron chi connectivity index (χ0n) is 11.4. The molecule has 1 heterocycles. The highest BCUT2D eigenvalue weighted by atomic mass is 16.5. The number of hydrogen-bond acceptors (Lipinski definition) is 3. The number of carbonyl (C=O) groups is 1. The van der Waals surface area contributed by atoms with Crippen LogP contribution in [0.3, 0.4) is 0 Å². The van der Waals surface area contributed by atoms with E-state index in [0.717, 1.165) is 36.5 Å². The fourth-order valence-electron chi connectivity index (χ4n) is 5.11. The highest BCUT2D eigenvalue weighted by Crippen LogP contribution is 2.65. The zero-order chi connectivity index (χ0) is 13.0. The molecule has 1 saturated heterocycles. The number of rotatable bonds is 3. The van der Waals surface area contributed by atoms with Gasteiger partial charge < -0.3 is 15.8 Å². The number of hydrogen-bond donors (Lipinski definition) is 2. The minimum absolute atomic E-state index is 0.206. The molecule has 19 heavy (non-hydrogen) atoms. The van der Waals surface area contributed by atoms with Crippen LogP contribution in [-0.4, -0.2) is 31.7 Å². The van der Waals surface area contributed by atoms with Crippen LogP contribution in [-0.2, 0) is 9.53 Å². The van der Waals surface area contributed by atoms with E-state index in [9.17, 15) is 4.79 Å². The molecule has 4 aliphatic rings. The first-order valence-electron chi connectivity index (χ1n) is 7.84. The van der Waals surface area contributed by atoms with Crippen LogP contribution in [0.2, 0.25) is 0 Å². The Morgan fingerprint density at radius 2 is 1.84 bits per heavy atom. The fraction of sp³-hybridized carbons (Fsp3) is 0.933. The summed E-state index contributed by atoms with van der Waals surface area (Å²) in [5, 5.41) is 3.34. The molecule has 4 heteroatoms. The van der Waals surface area contributed by atoms with Crippen LogP contribution in [0.5, 0.6) is 0 Å². The van der Waals surface area contributed by atoms with Crippen LogP contribution in [0.1, 0.15) is 32.1 Å². The Morgan fingerprint density at radius 1 is 1.21 bits per heavy atom. The predicted octanol–water partition coefficient (Wildman–Crippen LogP) is 0.903. The average molecular weight is 264 g/mol.